The summed E-state index contributed by atoms with van der Waals surface area (Å²) in [7, 11) is 1.70. The Bertz CT molecular complexity index is 184. The molecule has 0 saturated carbocycles. The number of aliphatic carboxylic acids is 1. The van der Waals surface area contributed by atoms with E-state index in [0.717, 1.165) is 32.5 Å². The van der Waals surface area contributed by atoms with E-state index in [4.69, 9.17) is 9.84 Å². The number of carboxylic acids is 1. The zero-order chi connectivity index (χ0) is 10.4. The van der Waals surface area contributed by atoms with E-state index in [1.54, 1.807) is 7.11 Å². The molecule has 1 atom stereocenters. The Balaban J connectivity index is 2.24. The van der Waals surface area contributed by atoms with Crippen LogP contribution in [-0.4, -0.2) is 48.8 Å². The van der Waals surface area contributed by atoms with Gasteiger partial charge in [-0.2, -0.15) is 0 Å². The van der Waals surface area contributed by atoms with Crippen LogP contribution in [0.4, 0.5) is 0 Å². The highest BCUT2D eigenvalue weighted by Gasteiger charge is 2.24. The molecule has 0 aromatic rings. The van der Waals surface area contributed by atoms with Crippen molar-refractivity contribution in [2.24, 2.45) is 0 Å². The van der Waals surface area contributed by atoms with Crippen molar-refractivity contribution in [3.05, 3.63) is 0 Å². The van der Waals surface area contributed by atoms with Crippen molar-refractivity contribution in [3.8, 4) is 0 Å². The van der Waals surface area contributed by atoms with Gasteiger partial charge in [0, 0.05) is 26.1 Å². The Labute approximate surface area is 84.8 Å². The molecule has 82 valence electrons. The number of ether oxygens (including phenoxy) is 1. The van der Waals surface area contributed by atoms with Crippen LogP contribution in [0.25, 0.3) is 0 Å². The van der Waals surface area contributed by atoms with Crippen molar-refractivity contribution in [3.63, 3.8) is 0 Å². The summed E-state index contributed by atoms with van der Waals surface area (Å²) in [5, 5.41) is 8.59. The van der Waals surface area contributed by atoms with E-state index in [1.807, 2.05) is 0 Å². The highest BCUT2D eigenvalue weighted by molar-refractivity contribution is 5.66. The third-order valence-corrected chi connectivity index (χ3v) is 2.77. The highest BCUT2D eigenvalue weighted by atomic mass is 16.5. The number of nitrogens with zero attached hydrogens (tertiary/aromatic N) is 1. The first kappa shape index (κ1) is 11.5. The Morgan fingerprint density at radius 1 is 1.64 bits per heavy atom. The zero-order valence-corrected chi connectivity index (χ0v) is 8.74. The van der Waals surface area contributed by atoms with E-state index in [1.165, 1.54) is 6.42 Å². The van der Waals surface area contributed by atoms with Gasteiger partial charge in [0.25, 0.3) is 0 Å². The lowest BCUT2D eigenvalue weighted by Crippen LogP contribution is -2.32. The molecule has 0 aromatic carbocycles. The molecule has 1 N–H and O–H groups in total. The Kier molecular flexibility index (Phi) is 4.90. The van der Waals surface area contributed by atoms with E-state index in [0.29, 0.717) is 6.04 Å². The van der Waals surface area contributed by atoms with Crippen LogP contribution >= 0.6 is 0 Å². The molecule has 1 aliphatic heterocycles. The average molecular weight is 201 g/mol. The SMILES string of the molecule is COCCN1CCC[C@@H]1CCC(=O)O. The standard InChI is InChI=1S/C10H19NO3/c1-14-8-7-11-6-2-3-9(11)4-5-10(12)13/h9H,2-8H2,1H3,(H,12,13)/t9-/m1/s1. The second kappa shape index (κ2) is 5.98. The van der Waals surface area contributed by atoms with Gasteiger partial charge in [-0.15, -0.1) is 0 Å². The predicted octanol–water partition coefficient (Wildman–Crippen LogP) is 0.962. The molecule has 0 bridgehead atoms. The minimum absolute atomic E-state index is 0.286. The fourth-order valence-electron chi connectivity index (χ4n) is 2.02. The van der Waals surface area contributed by atoms with Crippen LogP contribution in [0.15, 0.2) is 0 Å². The Morgan fingerprint density at radius 2 is 2.43 bits per heavy atom. The molecule has 14 heavy (non-hydrogen) atoms. The van der Waals surface area contributed by atoms with Crippen molar-refractivity contribution in [2.45, 2.75) is 31.7 Å². The van der Waals surface area contributed by atoms with E-state index < -0.39 is 5.97 Å². The summed E-state index contributed by atoms with van der Waals surface area (Å²) in [5.74, 6) is -0.691. The van der Waals surface area contributed by atoms with Gasteiger partial charge in [0.05, 0.1) is 6.61 Å². The van der Waals surface area contributed by atoms with Crippen LogP contribution < -0.4 is 0 Å². The summed E-state index contributed by atoms with van der Waals surface area (Å²) in [6.45, 7) is 2.76. The fourth-order valence-corrected chi connectivity index (χ4v) is 2.02. The molecule has 0 radical (unpaired) electrons. The maximum Gasteiger partial charge on any atom is 0.303 e. The van der Waals surface area contributed by atoms with E-state index in [2.05, 4.69) is 4.90 Å². The van der Waals surface area contributed by atoms with Gasteiger partial charge in [0.15, 0.2) is 0 Å². The van der Waals surface area contributed by atoms with Crippen LogP contribution in [0.2, 0.25) is 0 Å². The molecule has 1 rings (SSSR count). The van der Waals surface area contributed by atoms with Gasteiger partial charge < -0.3 is 9.84 Å². The number of methoxy groups -OCH3 is 1. The van der Waals surface area contributed by atoms with Crippen molar-refractivity contribution < 1.29 is 14.6 Å². The molecule has 1 fully saturated rings. The number of likely N-dealkylation sites (tertiary alicyclic amines) is 1. The summed E-state index contributed by atoms with van der Waals surface area (Å²) in [6, 6.07) is 0.459. The molecular weight excluding hydrogens is 182 g/mol. The molecule has 1 heterocycles. The fraction of sp³-hybridized carbons (Fsp3) is 0.900. The van der Waals surface area contributed by atoms with Gasteiger partial charge in [0.1, 0.15) is 0 Å². The number of carbonyl (C=O) groups is 1. The third kappa shape index (κ3) is 3.64. The van der Waals surface area contributed by atoms with E-state index >= 15 is 0 Å². The molecule has 1 saturated heterocycles. The summed E-state index contributed by atoms with van der Waals surface area (Å²) in [4.78, 5) is 12.8. The highest BCUT2D eigenvalue weighted by Crippen LogP contribution is 2.20. The number of hydrogen-bond donors (Lipinski definition) is 1. The van der Waals surface area contributed by atoms with Crippen LogP contribution in [0, 0.1) is 0 Å². The van der Waals surface area contributed by atoms with Gasteiger partial charge in [-0.1, -0.05) is 0 Å². The lowest BCUT2D eigenvalue weighted by Gasteiger charge is -2.23. The van der Waals surface area contributed by atoms with Gasteiger partial charge in [-0.05, 0) is 25.8 Å². The zero-order valence-electron chi connectivity index (χ0n) is 8.74. The second-order valence-electron chi connectivity index (χ2n) is 3.76. The third-order valence-electron chi connectivity index (χ3n) is 2.77. The number of carboxylic acid groups (broad SMARTS) is 1. The molecule has 0 spiro atoms. The monoisotopic (exact) mass is 201 g/mol. The van der Waals surface area contributed by atoms with Crippen molar-refractivity contribution in [1.82, 2.24) is 4.90 Å². The van der Waals surface area contributed by atoms with Gasteiger partial charge >= 0.3 is 5.97 Å². The minimum Gasteiger partial charge on any atom is -0.481 e. The molecule has 0 aromatic heterocycles. The summed E-state index contributed by atoms with van der Waals surface area (Å²) in [6.07, 6.45) is 3.39. The molecule has 0 aliphatic carbocycles. The summed E-state index contributed by atoms with van der Waals surface area (Å²) < 4.78 is 5.02. The predicted molar refractivity (Wildman–Crippen MR) is 53.3 cm³/mol. The normalized spacial score (nSPS) is 22.8. The summed E-state index contributed by atoms with van der Waals surface area (Å²) >= 11 is 0. The van der Waals surface area contributed by atoms with Crippen molar-refractivity contribution in [1.29, 1.82) is 0 Å². The molecule has 4 heteroatoms. The van der Waals surface area contributed by atoms with E-state index in [-0.39, 0.29) is 6.42 Å². The molecule has 4 nitrogen and oxygen atoms in total. The number of rotatable bonds is 6. The second-order valence-corrected chi connectivity index (χ2v) is 3.76. The lowest BCUT2D eigenvalue weighted by atomic mass is 10.1. The van der Waals surface area contributed by atoms with E-state index in [9.17, 15) is 4.79 Å². The summed E-state index contributed by atoms with van der Waals surface area (Å²) in [5.41, 5.74) is 0. The molecular formula is C10H19NO3. The van der Waals surface area contributed by atoms with Crippen molar-refractivity contribution in [2.75, 3.05) is 26.8 Å². The molecule has 0 amide bonds. The first-order valence-corrected chi connectivity index (χ1v) is 5.19. The maximum absolute atomic E-state index is 10.4. The Hall–Kier alpha value is -0.610. The molecule has 0 unspecified atom stereocenters. The van der Waals surface area contributed by atoms with Gasteiger partial charge in [0.2, 0.25) is 0 Å². The lowest BCUT2D eigenvalue weighted by molar-refractivity contribution is -0.137. The van der Waals surface area contributed by atoms with Crippen LogP contribution in [-0.2, 0) is 9.53 Å². The first-order valence-electron chi connectivity index (χ1n) is 5.19. The quantitative estimate of drug-likeness (QED) is 0.695. The van der Waals surface area contributed by atoms with Crippen molar-refractivity contribution >= 4 is 5.97 Å². The minimum atomic E-state index is -0.691. The largest absolute Gasteiger partial charge is 0.481 e. The molecule has 1 aliphatic rings. The Morgan fingerprint density at radius 3 is 3.07 bits per heavy atom. The van der Waals surface area contributed by atoms with Crippen LogP contribution in [0.1, 0.15) is 25.7 Å². The number of hydrogen-bond acceptors (Lipinski definition) is 3. The maximum atomic E-state index is 10.4. The van der Waals surface area contributed by atoms with Crippen LogP contribution in [0.3, 0.4) is 0 Å². The van der Waals surface area contributed by atoms with Gasteiger partial charge in [-0.25, -0.2) is 0 Å². The average Bonchev–Trinajstić information content (AvgIpc) is 2.58. The van der Waals surface area contributed by atoms with Crippen LogP contribution in [0.5, 0.6) is 0 Å². The van der Waals surface area contributed by atoms with Gasteiger partial charge in [-0.3, -0.25) is 9.69 Å². The first-order chi connectivity index (χ1) is 6.74. The topological polar surface area (TPSA) is 49.8 Å². The smallest absolute Gasteiger partial charge is 0.303 e.